The molecule has 0 N–H and O–H groups in total. The average molecular weight is 231 g/mol. The minimum atomic E-state index is -0.523. The van der Waals surface area contributed by atoms with Gasteiger partial charge in [0, 0.05) is 19.0 Å². The Morgan fingerprint density at radius 1 is 1.47 bits per heavy atom. The van der Waals surface area contributed by atoms with Crippen LogP contribution in [-0.4, -0.2) is 34.9 Å². The summed E-state index contributed by atoms with van der Waals surface area (Å²) in [5.41, 5.74) is -0.221. The highest BCUT2D eigenvalue weighted by Crippen LogP contribution is 2.24. The summed E-state index contributed by atoms with van der Waals surface area (Å²) in [6, 6.07) is 0. The minimum absolute atomic E-state index is 0.0934. The van der Waals surface area contributed by atoms with E-state index in [9.17, 15) is 9.59 Å². The average Bonchev–Trinajstić information content (AvgIpc) is 2.15. The fourth-order valence-corrected chi connectivity index (χ4v) is 1.35. The molecule has 0 fully saturated rings. The maximum absolute atomic E-state index is 11.9. The Bertz CT molecular complexity index is 239. The molecule has 1 atom stereocenters. The molecular weight excluding hydrogens is 210 g/mol. The summed E-state index contributed by atoms with van der Waals surface area (Å²) < 4.78 is 0. The Kier molecular flexibility index (Phi) is 5.35. The van der Waals surface area contributed by atoms with Crippen molar-refractivity contribution in [1.29, 1.82) is 0 Å². The number of nitrogens with zero attached hydrogens (tertiary/aromatic N) is 1. The molecule has 0 bridgehead atoms. The van der Waals surface area contributed by atoms with Gasteiger partial charge in [0.2, 0.25) is 5.91 Å². The molecule has 0 radical (unpaired) electrons. The van der Waals surface area contributed by atoms with Crippen LogP contribution < -0.4 is 0 Å². The first kappa shape index (κ1) is 14.5. The zero-order valence-corrected chi connectivity index (χ0v) is 11.0. The fraction of sp³-hybridized carbons (Fsp3) is 0.818. The maximum Gasteiger partial charge on any atom is 0.236 e. The van der Waals surface area contributed by atoms with Gasteiger partial charge in [0.15, 0.2) is 0 Å². The van der Waals surface area contributed by atoms with Crippen LogP contribution in [0.3, 0.4) is 0 Å². The van der Waals surface area contributed by atoms with Gasteiger partial charge in [-0.05, 0) is 19.8 Å². The van der Waals surface area contributed by atoms with Crippen LogP contribution in [0.25, 0.3) is 0 Å². The molecule has 0 heterocycles. The van der Waals surface area contributed by atoms with E-state index < -0.39 is 5.25 Å². The van der Waals surface area contributed by atoms with Crippen molar-refractivity contribution >= 4 is 24.8 Å². The van der Waals surface area contributed by atoms with E-state index >= 15 is 0 Å². The second kappa shape index (κ2) is 5.54. The summed E-state index contributed by atoms with van der Waals surface area (Å²) in [5.74, 6) is 0.257. The molecule has 15 heavy (non-hydrogen) atoms. The van der Waals surface area contributed by atoms with Gasteiger partial charge in [0.25, 0.3) is 0 Å². The number of carbonyl (C=O) groups excluding carboxylic acids is 2. The molecule has 3 nitrogen and oxygen atoms in total. The zero-order chi connectivity index (χ0) is 12.2. The number of rotatable bonds is 5. The lowest BCUT2D eigenvalue weighted by Gasteiger charge is -2.40. The van der Waals surface area contributed by atoms with Crippen molar-refractivity contribution in [3.05, 3.63) is 0 Å². The highest BCUT2D eigenvalue weighted by Gasteiger charge is 2.32. The van der Waals surface area contributed by atoms with E-state index in [0.29, 0.717) is 5.92 Å². The van der Waals surface area contributed by atoms with Gasteiger partial charge in [-0.1, -0.05) is 13.8 Å². The lowest BCUT2D eigenvalue weighted by Crippen LogP contribution is -2.51. The van der Waals surface area contributed by atoms with Crippen LogP contribution in [0.5, 0.6) is 0 Å². The topological polar surface area (TPSA) is 37.4 Å². The van der Waals surface area contributed by atoms with Crippen molar-refractivity contribution in [2.75, 3.05) is 7.05 Å². The smallest absolute Gasteiger partial charge is 0.236 e. The van der Waals surface area contributed by atoms with Crippen LogP contribution in [0.1, 0.15) is 34.1 Å². The first-order valence-electron chi connectivity index (χ1n) is 5.14. The van der Waals surface area contributed by atoms with Crippen molar-refractivity contribution in [1.82, 2.24) is 4.90 Å². The summed E-state index contributed by atoms with van der Waals surface area (Å²) in [6.07, 6.45) is 0.895. The molecule has 0 aliphatic rings. The van der Waals surface area contributed by atoms with Gasteiger partial charge >= 0.3 is 0 Å². The van der Waals surface area contributed by atoms with E-state index in [2.05, 4.69) is 26.5 Å². The Labute approximate surface area is 97.6 Å². The van der Waals surface area contributed by atoms with Crippen LogP contribution in [0.2, 0.25) is 0 Å². The predicted molar refractivity (Wildman–Crippen MR) is 65.1 cm³/mol. The molecule has 0 saturated carbocycles. The molecule has 0 spiro atoms. The second-order valence-electron chi connectivity index (χ2n) is 4.62. The van der Waals surface area contributed by atoms with E-state index in [-0.39, 0.29) is 17.9 Å². The van der Waals surface area contributed by atoms with Gasteiger partial charge in [0.05, 0.1) is 5.25 Å². The maximum atomic E-state index is 11.9. The minimum Gasteiger partial charge on any atom is -0.339 e. The lowest BCUT2D eigenvalue weighted by molar-refractivity contribution is -0.136. The summed E-state index contributed by atoms with van der Waals surface area (Å²) in [5, 5.41) is -0.523. The third-order valence-electron chi connectivity index (χ3n) is 3.21. The van der Waals surface area contributed by atoms with Crippen molar-refractivity contribution < 1.29 is 9.59 Å². The normalized spacial score (nSPS) is 13.8. The number of carbonyl (C=O) groups is 2. The van der Waals surface area contributed by atoms with Crippen molar-refractivity contribution in [2.24, 2.45) is 5.92 Å². The van der Waals surface area contributed by atoms with Crippen molar-refractivity contribution in [3.63, 3.8) is 0 Å². The van der Waals surface area contributed by atoms with Gasteiger partial charge in [0.1, 0.15) is 6.29 Å². The Hall–Kier alpha value is -0.510. The van der Waals surface area contributed by atoms with Crippen molar-refractivity contribution in [2.45, 2.75) is 44.9 Å². The summed E-state index contributed by atoms with van der Waals surface area (Å²) in [4.78, 5) is 23.9. The standard InChI is InChI=1S/C11H21NO2S/c1-8(2)11(3,4)12(5)10(14)9(15)6-7-13/h7-9,15H,6H2,1-5H3. The van der Waals surface area contributed by atoms with E-state index in [0.717, 1.165) is 6.29 Å². The zero-order valence-electron chi connectivity index (χ0n) is 10.2. The third-order valence-corrected chi connectivity index (χ3v) is 3.64. The highest BCUT2D eigenvalue weighted by molar-refractivity contribution is 7.81. The van der Waals surface area contributed by atoms with E-state index in [1.807, 2.05) is 13.8 Å². The molecule has 1 unspecified atom stereocenters. The number of hydrogen-bond donors (Lipinski definition) is 1. The molecule has 0 saturated heterocycles. The van der Waals surface area contributed by atoms with Gasteiger partial charge in [-0.25, -0.2) is 0 Å². The Morgan fingerprint density at radius 3 is 2.27 bits per heavy atom. The molecular formula is C11H21NO2S. The lowest BCUT2D eigenvalue weighted by atomic mass is 9.89. The molecule has 1 amide bonds. The molecule has 88 valence electrons. The SMILES string of the molecule is CC(C)C(C)(C)N(C)C(=O)C(S)CC=O. The number of amides is 1. The highest BCUT2D eigenvalue weighted by atomic mass is 32.1. The number of thiol groups is 1. The molecule has 0 aromatic heterocycles. The van der Waals surface area contributed by atoms with Gasteiger partial charge in [-0.2, -0.15) is 12.6 Å². The summed E-state index contributed by atoms with van der Waals surface area (Å²) in [7, 11) is 1.76. The molecule has 4 heteroatoms. The van der Waals surface area contributed by atoms with Crippen LogP contribution in [0.15, 0.2) is 0 Å². The first-order chi connectivity index (χ1) is 6.75. The van der Waals surface area contributed by atoms with Gasteiger partial charge in [-0.3, -0.25) is 4.79 Å². The molecule has 0 aliphatic heterocycles. The second-order valence-corrected chi connectivity index (χ2v) is 5.25. The first-order valence-corrected chi connectivity index (χ1v) is 5.66. The summed E-state index contributed by atoms with van der Waals surface area (Å²) in [6.45, 7) is 8.15. The Balaban J connectivity index is 4.63. The molecule has 0 aromatic carbocycles. The quantitative estimate of drug-likeness (QED) is 0.578. The summed E-state index contributed by atoms with van der Waals surface area (Å²) >= 11 is 4.12. The number of aldehydes is 1. The van der Waals surface area contributed by atoms with Crippen LogP contribution in [0.4, 0.5) is 0 Å². The van der Waals surface area contributed by atoms with Crippen LogP contribution in [0, 0.1) is 5.92 Å². The van der Waals surface area contributed by atoms with Crippen LogP contribution in [-0.2, 0) is 9.59 Å². The largest absolute Gasteiger partial charge is 0.339 e. The van der Waals surface area contributed by atoms with Crippen LogP contribution >= 0.6 is 12.6 Å². The third kappa shape index (κ3) is 3.52. The predicted octanol–water partition coefficient (Wildman–Crippen LogP) is 1.77. The Morgan fingerprint density at radius 2 is 1.93 bits per heavy atom. The molecule has 0 aromatic rings. The van der Waals surface area contributed by atoms with Gasteiger partial charge < -0.3 is 9.69 Å². The fourth-order valence-electron chi connectivity index (χ4n) is 1.09. The van der Waals surface area contributed by atoms with Gasteiger partial charge in [-0.15, -0.1) is 0 Å². The molecule has 0 aliphatic carbocycles. The van der Waals surface area contributed by atoms with Crippen molar-refractivity contribution in [3.8, 4) is 0 Å². The van der Waals surface area contributed by atoms with E-state index in [1.54, 1.807) is 11.9 Å². The van der Waals surface area contributed by atoms with E-state index in [1.165, 1.54) is 0 Å². The monoisotopic (exact) mass is 231 g/mol. The number of hydrogen-bond acceptors (Lipinski definition) is 3. The van der Waals surface area contributed by atoms with E-state index in [4.69, 9.17) is 0 Å². The molecule has 0 rings (SSSR count).